The molecule has 1 amide bonds. The summed E-state index contributed by atoms with van der Waals surface area (Å²) < 4.78 is 0. The molecule has 0 fully saturated rings. The molecule has 0 atom stereocenters. The van der Waals surface area contributed by atoms with Crippen LogP contribution in [0.1, 0.15) is 6.92 Å². The highest BCUT2D eigenvalue weighted by Crippen LogP contribution is 1.98. The first-order chi connectivity index (χ1) is 6.20. The molecule has 0 aromatic carbocycles. The Hall–Kier alpha value is -1.82. The number of hydrogen-bond acceptors (Lipinski definition) is 5. The number of amides is 1. The van der Waals surface area contributed by atoms with Crippen molar-refractivity contribution in [1.82, 2.24) is 10.5 Å². The van der Waals surface area contributed by atoms with Crippen LogP contribution < -0.4 is 5.32 Å². The first kappa shape index (κ1) is 9.27. The topological polar surface area (TPSA) is 74.2 Å². The lowest BCUT2D eigenvalue weighted by Crippen LogP contribution is -2.27. The van der Waals surface area contributed by atoms with Crippen LogP contribution in [0.2, 0.25) is 0 Å². The number of hydroxylamine groups is 2. The van der Waals surface area contributed by atoms with Gasteiger partial charge in [-0.3, -0.25) is 15.0 Å². The standard InChI is InChI=1S/C7H9N3O3/c1-6(11)10(12)13-7-2-3-8-4-5-9-7/h2-5,9,12H,1H3. The van der Waals surface area contributed by atoms with Gasteiger partial charge in [-0.05, 0) is 5.23 Å². The monoisotopic (exact) mass is 183 g/mol. The lowest BCUT2D eigenvalue weighted by Gasteiger charge is -2.14. The average Bonchev–Trinajstić information content (AvgIpc) is 2.32. The van der Waals surface area contributed by atoms with E-state index >= 15 is 0 Å². The van der Waals surface area contributed by atoms with Crippen LogP contribution in [0.5, 0.6) is 0 Å². The van der Waals surface area contributed by atoms with Gasteiger partial charge in [-0.15, -0.1) is 0 Å². The van der Waals surface area contributed by atoms with Gasteiger partial charge in [-0.2, -0.15) is 0 Å². The number of aliphatic imine (C=N–C) groups is 1. The Labute approximate surface area is 74.7 Å². The molecule has 6 heteroatoms. The fraction of sp³-hybridized carbons (Fsp3) is 0.143. The maximum atomic E-state index is 10.5. The molecule has 1 heterocycles. The van der Waals surface area contributed by atoms with Gasteiger partial charge in [-0.25, -0.2) is 0 Å². The highest BCUT2D eigenvalue weighted by Gasteiger charge is 2.07. The fourth-order valence-electron chi connectivity index (χ4n) is 0.585. The predicted octanol–water partition coefficient (Wildman–Crippen LogP) is 0.142. The number of hydrogen-bond donors (Lipinski definition) is 2. The number of allylic oxidation sites excluding steroid dienone is 1. The molecule has 1 aliphatic rings. The number of nitrogens with zero attached hydrogens (tertiary/aromatic N) is 2. The molecular formula is C7H9N3O3. The van der Waals surface area contributed by atoms with E-state index in [2.05, 4.69) is 15.1 Å². The molecule has 1 aliphatic heterocycles. The fourth-order valence-corrected chi connectivity index (χ4v) is 0.585. The minimum atomic E-state index is -0.618. The smallest absolute Gasteiger partial charge is 0.281 e. The average molecular weight is 183 g/mol. The molecule has 6 nitrogen and oxygen atoms in total. The third-order valence-corrected chi connectivity index (χ3v) is 1.15. The van der Waals surface area contributed by atoms with Crippen LogP contribution in [-0.4, -0.2) is 22.6 Å². The van der Waals surface area contributed by atoms with Gasteiger partial charge >= 0.3 is 0 Å². The summed E-state index contributed by atoms with van der Waals surface area (Å²) in [4.78, 5) is 19.0. The highest BCUT2D eigenvalue weighted by atomic mass is 16.9. The molecule has 0 aromatic heterocycles. The zero-order valence-electron chi connectivity index (χ0n) is 6.97. The molecule has 0 bridgehead atoms. The van der Waals surface area contributed by atoms with E-state index < -0.39 is 5.91 Å². The van der Waals surface area contributed by atoms with Crippen LogP contribution >= 0.6 is 0 Å². The zero-order valence-corrected chi connectivity index (χ0v) is 6.97. The van der Waals surface area contributed by atoms with E-state index in [4.69, 9.17) is 5.21 Å². The zero-order chi connectivity index (χ0) is 9.68. The Morgan fingerprint density at radius 1 is 1.77 bits per heavy atom. The molecule has 1 rings (SSSR count). The second-order valence-corrected chi connectivity index (χ2v) is 2.17. The predicted molar refractivity (Wildman–Crippen MR) is 44.2 cm³/mol. The van der Waals surface area contributed by atoms with Crippen molar-refractivity contribution in [2.45, 2.75) is 6.92 Å². The lowest BCUT2D eigenvalue weighted by molar-refractivity contribution is -0.295. The quantitative estimate of drug-likeness (QED) is 0.471. The Bertz CT molecular complexity index is 283. The molecule has 0 aliphatic carbocycles. The van der Waals surface area contributed by atoms with Gasteiger partial charge in [0.25, 0.3) is 5.91 Å². The van der Waals surface area contributed by atoms with Crippen molar-refractivity contribution in [2.24, 2.45) is 4.99 Å². The van der Waals surface area contributed by atoms with E-state index in [1.807, 2.05) is 0 Å². The molecular weight excluding hydrogens is 174 g/mol. The van der Waals surface area contributed by atoms with Crippen LogP contribution in [0.3, 0.4) is 0 Å². The number of carbonyl (C=O) groups excluding carboxylic acids is 1. The Morgan fingerprint density at radius 3 is 3.23 bits per heavy atom. The largest absolute Gasteiger partial charge is 0.332 e. The highest BCUT2D eigenvalue weighted by molar-refractivity contribution is 5.73. The molecule has 70 valence electrons. The Morgan fingerprint density at radius 2 is 2.54 bits per heavy atom. The summed E-state index contributed by atoms with van der Waals surface area (Å²) in [7, 11) is 0. The third kappa shape index (κ3) is 2.96. The van der Waals surface area contributed by atoms with E-state index in [1.54, 1.807) is 0 Å². The van der Waals surface area contributed by atoms with E-state index in [1.165, 1.54) is 31.6 Å². The van der Waals surface area contributed by atoms with Crippen LogP contribution in [0, 0.1) is 0 Å². The van der Waals surface area contributed by atoms with Gasteiger partial charge in [0.1, 0.15) is 0 Å². The van der Waals surface area contributed by atoms with Crippen molar-refractivity contribution in [1.29, 1.82) is 0 Å². The van der Waals surface area contributed by atoms with Crippen molar-refractivity contribution in [2.75, 3.05) is 0 Å². The summed E-state index contributed by atoms with van der Waals surface area (Å²) in [6, 6.07) is 0. The van der Waals surface area contributed by atoms with Gasteiger partial charge in [0.2, 0.25) is 5.88 Å². The van der Waals surface area contributed by atoms with E-state index in [0.717, 1.165) is 0 Å². The van der Waals surface area contributed by atoms with E-state index in [-0.39, 0.29) is 11.1 Å². The van der Waals surface area contributed by atoms with Crippen LogP contribution in [0.25, 0.3) is 0 Å². The summed E-state index contributed by atoms with van der Waals surface area (Å²) in [5, 5.41) is 11.7. The van der Waals surface area contributed by atoms with Gasteiger partial charge in [0.05, 0.1) is 0 Å². The first-order valence-electron chi connectivity index (χ1n) is 3.52. The summed E-state index contributed by atoms with van der Waals surface area (Å²) in [5.74, 6) is -0.414. The third-order valence-electron chi connectivity index (χ3n) is 1.15. The van der Waals surface area contributed by atoms with Crippen LogP contribution in [0.15, 0.2) is 29.4 Å². The summed E-state index contributed by atoms with van der Waals surface area (Å²) in [5.41, 5.74) is 0. The van der Waals surface area contributed by atoms with E-state index in [9.17, 15) is 4.79 Å². The van der Waals surface area contributed by atoms with Crippen molar-refractivity contribution < 1.29 is 14.8 Å². The van der Waals surface area contributed by atoms with Gasteiger partial charge in [0, 0.05) is 31.6 Å². The molecule has 0 radical (unpaired) electrons. The van der Waals surface area contributed by atoms with Gasteiger partial charge in [-0.1, -0.05) is 0 Å². The normalized spacial score (nSPS) is 14.2. The van der Waals surface area contributed by atoms with Gasteiger partial charge < -0.3 is 10.2 Å². The van der Waals surface area contributed by atoms with Crippen molar-refractivity contribution >= 4 is 12.1 Å². The number of carbonyl (C=O) groups is 1. The van der Waals surface area contributed by atoms with Crippen molar-refractivity contribution in [3.8, 4) is 0 Å². The maximum absolute atomic E-state index is 10.5. The molecule has 0 spiro atoms. The van der Waals surface area contributed by atoms with Crippen molar-refractivity contribution in [3.63, 3.8) is 0 Å². The second kappa shape index (κ2) is 4.27. The molecule has 13 heavy (non-hydrogen) atoms. The molecule has 0 unspecified atom stereocenters. The van der Waals surface area contributed by atoms with E-state index in [0.29, 0.717) is 0 Å². The minimum Gasteiger partial charge on any atom is -0.332 e. The lowest BCUT2D eigenvalue weighted by atomic mass is 10.6. The summed E-state index contributed by atoms with van der Waals surface area (Å²) in [6.07, 6.45) is 5.93. The number of nitrogens with one attached hydrogen (secondary N) is 1. The molecule has 0 aromatic rings. The number of rotatable bonds is 2. The first-order valence-corrected chi connectivity index (χ1v) is 3.52. The summed E-state index contributed by atoms with van der Waals surface area (Å²) in [6.45, 7) is 1.17. The summed E-state index contributed by atoms with van der Waals surface area (Å²) >= 11 is 0. The SMILES string of the molecule is CC(=O)N(O)OC1=CC=NC=CN1. The molecule has 2 N–H and O–H groups in total. The maximum Gasteiger partial charge on any atom is 0.281 e. The Kier molecular flexibility index (Phi) is 3.04. The Balaban J connectivity index is 2.53. The minimum absolute atomic E-state index is 0.131. The van der Waals surface area contributed by atoms with Crippen LogP contribution in [-0.2, 0) is 9.63 Å². The van der Waals surface area contributed by atoms with Gasteiger partial charge in [0.15, 0.2) is 0 Å². The van der Waals surface area contributed by atoms with Crippen molar-refractivity contribution in [3.05, 3.63) is 24.4 Å². The second-order valence-electron chi connectivity index (χ2n) is 2.17. The molecule has 0 saturated carbocycles. The van der Waals surface area contributed by atoms with Crippen LogP contribution in [0.4, 0.5) is 0 Å². The molecule has 0 saturated heterocycles.